The van der Waals surface area contributed by atoms with Crippen molar-refractivity contribution in [2.75, 3.05) is 0 Å². The summed E-state index contributed by atoms with van der Waals surface area (Å²) in [4.78, 5) is 29.4. The highest BCUT2D eigenvalue weighted by Crippen LogP contribution is 2.30. The van der Waals surface area contributed by atoms with Crippen LogP contribution in [0.4, 0.5) is 0 Å². The standard InChI is InChI=1S/C18H15N3O2/c1-20-16-15(17(22)21(2)18(20)23)14-12-8-4-3-6-11(10-12)7-5-9-13(14)19-16/h3-9H,10H2,1-2H3. The average molecular weight is 305 g/mol. The van der Waals surface area contributed by atoms with Crippen molar-refractivity contribution in [3.63, 3.8) is 0 Å². The molecule has 0 aromatic carbocycles. The molecule has 2 bridgehead atoms. The molecule has 1 aromatic rings. The van der Waals surface area contributed by atoms with Gasteiger partial charge in [0.25, 0.3) is 5.56 Å². The van der Waals surface area contributed by atoms with Gasteiger partial charge in [-0.3, -0.25) is 13.9 Å². The number of allylic oxidation sites excluding steroid dienone is 9. The first-order chi connectivity index (χ1) is 11.1. The Kier molecular flexibility index (Phi) is 2.84. The molecular formula is C18H15N3O2. The summed E-state index contributed by atoms with van der Waals surface area (Å²) in [5.41, 5.74) is 3.55. The molecule has 0 radical (unpaired) electrons. The van der Waals surface area contributed by atoms with Crippen molar-refractivity contribution >= 4 is 5.57 Å². The highest BCUT2D eigenvalue weighted by Gasteiger charge is 2.23. The van der Waals surface area contributed by atoms with Crippen molar-refractivity contribution in [2.24, 2.45) is 19.1 Å². The van der Waals surface area contributed by atoms with Gasteiger partial charge in [0, 0.05) is 19.7 Å². The van der Waals surface area contributed by atoms with Gasteiger partial charge in [-0.05, 0) is 23.6 Å². The summed E-state index contributed by atoms with van der Waals surface area (Å²) in [6.45, 7) is 0. The molecule has 0 fully saturated rings. The van der Waals surface area contributed by atoms with Crippen LogP contribution in [0.1, 0.15) is 6.42 Å². The van der Waals surface area contributed by atoms with E-state index in [0.717, 1.165) is 27.8 Å². The van der Waals surface area contributed by atoms with E-state index in [1.165, 1.54) is 17.2 Å². The molecule has 0 spiro atoms. The van der Waals surface area contributed by atoms with Crippen molar-refractivity contribution in [3.8, 4) is 0 Å². The second-order valence-corrected chi connectivity index (χ2v) is 5.80. The first kappa shape index (κ1) is 13.7. The second kappa shape index (κ2) is 4.78. The SMILES string of the molecule is Cn1c(=O)c2c(n(C)c1=O)=NC1=CC=CC3=CC=CC=C(C3)C=21. The molecule has 2 aliphatic carbocycles. The van der Waals surface area contributed by atoms with Gasteiger partial charge in [-0.1, -0.05) is 36.5 Å². The van der Waals surface area contributed by atoms with Crippen molar-refractivity contribution < 1.29 is 0 Å². The van der Waals surface area contributed by atoms with Gasteiger partial charge in [0.15, 0.2) is 5.49 Å². The Balaban J connectivity index is 2.24. The third kappa shape index (κ3) is 1.90. The number of rotatable bonds is 0. The predicted octanol–water partition coefficient (Wildman–Crippen LogP) is 0.134. The van der Waals surface area contributed by atoms with Crippen LogP contribution >= 0.6 is 0 Å². The van der Waals surface area contributed by atoms with Crippen LogP contribution in [0, 0.1) is 0 Å². The van der Waals surface area contributed by atoms with E-state index >= 15 is 0 Å². The molecule has 0 unspecified atom stereocenters. The molecule has 23 heavy (non-hydrogen) atoms. The van der Waals surface area contributed by atoms with Crippen LogP contribution in [0.15, 0.2) is 74.0 Å². The Morgan fingerprint density at radius 1 is 1.00 bits per heavy atom. The molecule has 0 saturated carbocycles. The molecule has 1 aliphatic heterocycles. The van der Waals surface area contributed by atoms with Crippen LogP contribution in [0.2, 0.25) is 0 Å². The molecule has 114 valence electrons. The summed E-state index contributed by atoms with van der Waals surface area (Å²) in [5, 5.41) is 0.511. The van der Waals surface area contributed by atoms with Gasteiger partial charge in [0.2, 0.25) is 0 Å². The maximum Gasteiger partial charge on any atom is 0.332 e. The number of aromatic nitrogens is 2. The topological polar surface area (TPSA) is 56.4 Å². The lowest BCUT2D eigenvalue weighted by Crippen LogP contribution is -2.56. The largest absolute Gasteiger partial charge is 0.332 e. The highest BCUT2D eigenvalue weighted by atomic mass is 16.2. The molecule has 0 amide bonds. The summed E-state index contributed by atoms with van der Waals surface area (Å²) >= 11 is 0. The van der Waals surface area contributed by atoms with Crippen molar-refractivity contribution in [1.82, 2.24) is 9.13 Å². The highest BCUT2D eigenvalue weighted by molar-refractivity contribution is 5.81. The predicted molar refractivity (Wildman–Crippen MR) is 88.3 cm³/mol. The minimum absolute atomic E-state index is 0.297. The Bertz CT molecular complexity index is 1130. The minimum Gasteiger partial charge on any atom is -0.280 e. The van der Waals surface area contributed by atoms with Gasteiger partial charge >= 0.3 is 5.69 Å². The second-order valence-electron chi connectivity index (χ2n) is 5.80. The Morgan fingerprint density at radius 3 is 2.61 bits per heavy atom. The monoisotopic (exact) mass is 305 g/mol. The fourth-order valence-electron chi connectivity index (χ4n) is 3.16. The zero-order valence-corrected chi connectivity index (χ0v) is 12.9. The van der Waals surface area contributed by atoms with E-state index in [9.17, 15) is 9.59 Å². The van der Waals surface area contributed by atoms with Crippen LogP contribution in [0.3, 0.4) is 0 Å². The summed E-state index contributed by atoms with van der Waals surface area (Å²) in [5.74, 6) is 0. The van der Waals surface area contributed by atoms with E-state index in [1.807, 2.05) is 36.5 Å². The van der Waals surface area contributed by atoms with Crippen LogP contribution < -0.4 is 22.0 Å². The molecule has 0 saturated heterocycles. The maximum absolute atomic E-state index is 12.7. The van der Waals surface area contributed by atoms with E-state index < -0.39 is 0 Å². The van der Waals surface area contributed by atoms with Gasteiger partial charge in [0.1, 0.15) is 0 Å². The smallest absolute Gasteiger partial charge is 0.280 e. The Morgan fingerprint density at radius 2 is 1.78 bits per heavy atom. The van der Waals surface area contributed by atoms with E-state index in [1.54, 1.807) is 7.05 Å². The molecule has 5 heteroatoms. The van der Waals surface area contributed by atoms with Gasteiger partial charge < -0.3 is 0 Å². The fourth-order valence-corrected chi connectivity index (χ4v) is 3.16. The molecular weight excluding hydrogens is 290 g/mol. The normalized spacial score (nSPS) is 18.0. The van der Waals surface area contributed by atoms with Gasteiger partial charge in [-0.2, -0.15) is 0 Å². The van der Waals surface area contributed by atoms with E-state index in [2.05, 4.69) is 11.1 Å². The molecule has 1 aromatic heterocycles. The van der Waals surface area contributed by atoms with E-state index in [4.69, 9.17) is 0 Å². The quantitative estimate of drug-likeness (QED) is 0.684. The Hall–Kier alpha value is -2.95. The first-order valence-electron chi connectivity index (χ1n) is 7.42. The molecule has 4 rings (SSSR count). The van der Waals surface area contributed by atoms with Crippen molar-refractivity contribution in [1.29, 1.82) is 0 Å². The zero-order valence-electron chi connectivity index (χ0n) is 12.9. The van der Waals surface area contributed by atoms with E-state index in [-0.39, 0.29) is 11.2 Å². The van der Waals surface area contributed by atoms with Crippen LogP contribution in [0.25, 0.3) is 5.57 Å². The van der Waals surface area contributed by atoms with Gasteiger partial charge in [-0.25, -0.2) is 9.79 Å². The molecule has 3 aliphatic rings. The third-order valence-electron chi connectivity index (χ3n) is 4.37. The molecule has 2 heterocycles. The third-order valence-corrected chi connectivity index (χ3v) is 4.37. The lowest BCUT2D eigenvalue weighted by molar-refractivity contribution is 0.650. The lowest BCUT2D eigenvalue weighted by atomic mass is 9.93. The average Bonchev–Trinajstić information content (AvgIpc) is 2.73. The summed E-state index contributed by atoms with van der Waals surface area (Å²) in [6.07, 6.45) is 14.6. The number of hydrogen-bond donors (Lipinski definition) is 0. The zero-order chi connectivity index (χ0) is 16.1. The molecule has 0 atom stereocenters. The number of fused-ring (bicyclic) bond motifs is 5. The summed E-state index contributed by atoms with van der Waals surface area (Å²) in [6, 6.07) is 0. The fraction of sp³-hybridized carbons (Fsp3) is 0.167. The van der Waals surface area contributed by atoms with Crippen LogP contribution in [0.5, 0.6) is 0 Å². The van der Waals surface area contributed by atoms with E-state index in [0.29, 0.717) is 10.7 Å². The van der Waals surface area contributed by atoms with Gasteiger partial charge in [-0.15, -0.1) is 0 Å². The molecule has 5 nitrogen and oxygen atoms in total. The van der Waals surface area contributed by atoms with Crippen LogP contribution in [-0.2, 0) is 14.1 Å². The molecule has 0 N–H and O–H groups in total. The lowest BCUT2D eigenvalue weighted by Gasteiger charge is -2.11. The maximum atomic E-state index is 12.7. The van der Waals surface area contributed by atoms with Crippen LogP contribution in [-0.4, -0.2) is 9.13 Å². The minimum atomic E-state index is -0.362. The van der Waals surface area contributed by atoms with Gasteiger partial charge in [0.05, 0.1) is 10.9 Å². The summed E-state index contributed by atoms with van der Waals surface area (Å²) in [7, 11) is 3.15. The Labute approximate surface area is 131 Å². The van der Waals surface area contributed by atoms with Crippen molar-refractivity contribution in [3.05, 3.63) is 90.9 Å². The first-order valence-corrected chi connectivity index (χ1v) is 7.42. The number of nitrogens with zero attached hydrogens (tertiary/aromatic N) is 3. The number of hydrogen-bond acceptors (Lipinski definition) is 3. The summed E-state index contributed by atoms with van der Waals surface area (Å²) < 4.78 is 2.58. The van der Waals surface area contributed by atoms with Crippen molar-refractivity contribution in [2.45, 2.75) is 6.42 Å².